The summed E-state index contributed by atoms with van der Waals surface area (Å²) in [5.41, 5.74) is 0.476. The van der Waals surface area contributed by atoms with Gasteiger partial charge in [-0.25, -0.2) is 13.2 Å². The number of hydrogen-bond acceptors (Lipinski definition) is 2. The number of thiophene rings is 1. The van der Waals surface area contributed by atoms with Gasteiger partial charge in [-0.2, -0.15) is 0 Å². The van der Waals surface area contributed by atoms with Crippen molar-refractivity contribution < 1.29 is 17.9 Å². The third-order valence-corrected chi connectivity index (χ3v) is 6.53. The zero-order valence-corrected chi connectivity index (χ0v) is 15.6. The highest BCUT2D eigenvalue weighted by Crippen LogP contribution is 2.43. The number of benzene rings is 3. The molecule has 1 saturated carbocycles. The Kier molecular flexibility index (Phi) is 3.83. The summed E-state index contributed by atoms with van der Waals surface area (Å²) in [5.74, 6) is -0.893. The van der Waals surface area contributed by atoms with Gasteiger partial charge in [0.15, 0.2) is 17.4 Å². The van der Waals surface area contributed by atoms with Crippen LogP contribution in [0.3, 0.4) is 0 Å². The fourth-order valence-corrected chi connectivity index (χ4v) is 4.71. The largest absolute Gasteiger partial charge is 0.490 e. The second-order valence-electron chi connectivity index (χ2n) is 7.17. The van der Waals surface area contributed by atoms with Gasteiger partial charge in [-0.05, 0) is 54.3 Å². The molecule has 5 rings (SSSR count). The van der Waals surface area contributed by atoms with Crippen LogP contribution in [0.5, 0.6) is 5.75 Å². The minimum Gasteiger partial charge on any atom is -0.490 e. The Labute approximate surface area is 158 Å². The first kappa shape index (κ1) is 16.9. The molecule has 4 aromatic rings. The number of hydrogen-bond donors (Lipinski definition) is 0. The van der Waals surface area contributed by atoms with Crippen molar-refractivity contribution in [1.29, 1.82) is 0 Å². The summed E-state index contributed by atoms with van der Waals surface area (Å²) < 4.78 is 51.1. The van der Waals surface area contributed by atoms with Gasteiger partial charge in [-0.1, -0.05) is 19.1 Å². The molecule has 1 aromatic heterocycles. The molecule has 0 radical (unpaired) electrons. The normalized spacial score (nSPS) is 14.5. The predicted octanol–water partition coefficient (Wildman–Crippen LogP) is 6.98. The molecule has 1 aliphatic carbocycles. The third-order valence-electron chi connectivity index (χ3n) is 5.33. The fraction of sp³-hybridized carbons (Fsp3) is 0.273. The smallest absolute Gasteiger partial charge is 0.182 e. The molecule has 138 valence electrons. The molecule has 1 aliphatic rings. The van der Waals surface area contributed by atoms with Crippen molar-refractivity contribution in [2.45, 2.75) is 26.2 Å². The van der Waals surface area contributed by atoms with E-state index in [1.54, 1.807) is 30.3 Å². The van der Waals surface area contributed by atoms with E-state index in [4.69, 9.17) is 4.74 Å². The molecule has 0 amide bonds. The van der Waals surface area contributed by atoms with Crippen LogP contribution in [0.2, 0.25) is 0 Å². The van der Waals surface area contributed by atoms with Gasteiger partial charge in [-0.15, -0.1) is 11.3 Å². The molecule has 1 nitrogen and oxygen atoms in total. The highest BCUT2D eigenvalue weighted by Gasteiger charge is 2.24. The maximum atomic E-state index is 15.2. The van der Waals surface area contributed by atoms with Crippen molar-refractivity contribution in [2.75, 3.05) is 6.61 Å². The van der Waals surface area contributed by atoms with Crippen LogP contribution in [0.25, 0.3) is 30.9 Å². The van der Waals surface area contributed by atoms with Gasteiger partial charge in [0.2, 0.25) is 0 Å². The number of fused-ring (bicyclic) bond motifs is 4. The molecule has 0 spiro atoms. The monoisotopic (exact) mass is 386 g/mol. The Morgan fingerprint density at radius 3 is 2.48 bits per heavy atom. The molecule has 27 heavy (non-hydrogen) atoms. The lowest BCUT2D eigenvalue weighted by Crippen LogP contribution is -2.00. The lowest BCUT2D eigenvalue weighted by Gasteiger charge is -2.07. The summed E-state index contributed by atoms with van der Waals surface area (Å²) in [5, 5.41) is 1.71. The fourth-order valence-electron chi connectivity index (χ4n) is 3.56. The van der Waals surface area contributed by atoms with E-state index in [0.29, 0.717) is 45.4 Å². The predicted molar refractivity (Wildman–Crippen MR) is 104 cm³/mol. The van der Waals surface area contributed by atoms with E-state index in [1.165, 1.54) is 0 Å². The van der Waals surface area contributed by atoms with Crippen LogP contribution < -0.4 is 4.74 Å². The summed E-state index contributed by atoms with van der Waals surface area (Å²) in [6.45, 7) is 2.34. The van der Waals surface area contributed by atoms with Gasteiger partial charge in [0.1, 0.15) is 5.82 Å². The first-order valence-electron chi connectivity index (χ1n) is 9.15. The Bertz CT molecular complexity index is 1210. The molecule has 5 heteroatoms. The lowest BCUT2D eigenvalue weighted by atomic mass is 10.0. The average molecular weight is 386 g/mol. The lowest BCUT2D eigenvalue weighted by molar-refractivity contribution is 0.286. The third kappa shape index (κ3) is 2.59. The van der Waals surface area contributed by atoms with Crippen molar-refractivity contribution >= 4 is 42.3 Å². The summed E-state index contributed by atoms with van der Waals surface area (Å²) >= 11 is 1.02. The SMILES string of the molecule is CCc1ccc2cc3c(sc4c(F)c(OCC5CC5)ccc43)c(F)c2c1F. The molecule has 1 fully saturated rings. The van der Waals surface area contributed by atoms with Crippen LogP contribution in [-0.4, -0.2) is 6.61 Å². The summed E-state index contributed by atoms with van der Waals surface area (Å²) in [6.07, 6.45) is 2.73. The highest BCUT2D eigenvalue weighted by molar-refractivity contribution is 7.26. The highest BCUT2D eigenvalue weighted by atomic mass is 32.1. The molecule has 0 atom stereocenters. The maximum absolute atomic E-state index is 15.2. The van der Waals surface area contributed by atoms with Crippen LogP contribution in [-0.2, 0) is 6.42 Å². The van der Waals surface area contributed by atoms with Gasteiger partial charge in [-0.3, -0.25) is 0 Å². The first-order chi connectivity index (χ1) is 13.1. The first-order valence-corrected chi connectivity index (χ1v) is 9.97. The zero-order valence-electron chi connectivity index (χ0n) is 14.7. The molecule has 3 aromatic carbocycles. The van der Waals surface area contributed by atoms with E-state index in [0.717, 1.165) is 24.2 Å². The summed E-state index contributed by atoms with van der Waals surface area (Å²) in [7, 11) is 0. The quantitative estimate of drug-likeness (QED) is 0.368. The molecule has 0 bridgehead atoms. The molecular weight excluding hydrogens is 369 g/mol. The number of ether oxygens (including phenoxy) is 1. The van der Waals surface area contributed by atoms with E-state index in [1.807, 2.05) is 6.92 Å². The average Bonchev–Trinajstić information content (AvgIpc) is 3.41. The Hall–Kier alpha value is -2.27. The second kappa shape index (κ2) is 6.13. The van der Waals surface area contributed by atoms with Gasteiger partial charge < -0.3 is 4.74 Å². The molecule has 0 N–H and O–H groups in total. The van der Waals surface area contributed by atoms with E-state index in [-0.39, 0.29) is 15.8 Å². The van der Waals surface area contributed by atoms with E-state index in [9.17, 15) is 8.78 Å². The van der Waals surface area contributed by atoms with Gasteiger partial charge >= 0.3 is 0 Å². The number of aryl methyl sites for hydroxylation is 1. The molecule has 1 heterocycles. The molecule has 0 aliphatic heterocycles. The van der Waals surface area contributed by atoms with Crippen molar-refractivity contribution in [3.05, 3.63) is 53.3 Å². The van der Waals surface area contributed by atoms with Crippen LogP contribution in [0.15, 0.2) is 30.3 Å². The van der Waals surface area contributed by atoms with Gasteiger partial charge in [0.05, 0.1) is 21.4 Å². The zero-order chi connectivity index (χ0) is 18.7. The van der Waals surface area contributed by atoms with Crippen molar-refractivity contribution in [1.82, 2.24) is 0 Å². The number of rotatable bonds is 4. The Balaban J connectivity index is 1.75. The van der Waals surface area contributed by atoms with E-state index < -0.39 is 17.5 Å². The van der Waals surface area contributed by atoms with Crippen LogP contribution in [0, 0.1) is 23.4 Å². The van der Waals surface area contributed by atoms with Gasteiger partial charge in [0.25, 0.3) is 0 Å². The summed E-state index contributed by atoms with van der Waals surface area (Å²) in [4.78, 5) is 0. The number of halogens is 3. The van der Waals surface area contributed by atoms with Crippen molar-refractivity contribution in [2.24, 2.45) is 5.92 Å². The van der Waals surface area contributed by atoms with Crippen molar-refractivity contribution in [3.8, 4) is 5.75 Å². The summed E-state index contributed by atoms with van der Waals surface area (Å²) in [6, 6.07) is 8.53. The maximum Gasteiger partial charge on any atom is 0.182 e. The molecule has 0 saturated heterocycles. The second-order valence-corrected chi connectivity index (χ2v) is 8.19. The van der Waals surface area contributed by atoms with E-state index in [2.05, 4.69) is 0 Å². The standard InChI is InChI=1S/C22H17F3OS/c1-2-12-5-6-13-9-15-14-7-8-16(26-10-11-3-4-11)19(24)21(14)27-22(15)20(25)17(13)18(12)23/h5-9,11H,2-4,10H2,1H3. The molecule has 0 unspecified atom stereocenters. The van der Waals surface area contributed by atoms with E-state index >= 15 is 4.39 Å². The Morgan fingerprint density at radius 2 is 1.74 bits per heavy atom. The Morgan fingerprint density at radius 1 is 0.963 bits per heavy atom. The minimum absolute atomic E-state index is 0.0148. The molecular formula is C22H17F3OS. The van der Waals surface area contributed by atoms with Gasteiger partial charge in [0, 0.05) is 10.8 Å². The van der Waals surface area contributed by atoms with Crippen LogP contribution >= 0.6 is 11.3 Å². The van der Waals surface area contributed by atoms with Crippen molar-refractivity contribution in [3.63, 3.8) is 0 Å². The minimum atomic E-state index is -0.614. The topological polar surface area (TPSA) is 9.23 Å². The van der Waals surface area contributed by atoms with Crippen LogP contribution in [0.1, 0.15) is 25.3 Å². The van der Waals surface area contributed by atoms with Crippen LogP contribution in [0.4, 0.5) is 13.2 Å².